The molecule has 2 heterocycles. The van der Waals surface area contributed by atoms with Crippen LogP contribution in [0.2, 0.25) is 5.02 Å². The van der Waals surface area contributed by atoms with Gasteiger partial charge in [-0.3, -0.25) is 19.5 Å². The third kappa shape index (κ3) is 6.12. The van der Waals surface area contributed by atoms with E-state index in [4.69, 9.17) is 25.8 Å². The molecule has 0 unspecified atom stereocenters. The molecule has 43 heavy (non-hydrogen) atoms. The van der Waals surface area contributed by atoms with Crippen molar-refractivity contribution < 1.29 is 23.9 Å². The lowest BCUT2D eigenvalue weighted by atomic mass is 9.95. The minimum Gasteiger partial charge on any atom is -0.496 e. The van der Waals surface area contributed by atoms with Crippen molar-refractivity contribution in [3.05, 3.63) is 128 Å². The molecule has 0 amide bonds. The van der Waals surface area contributed by atoms with E-state index in [1.807, 2.05) is 12.1 Å². The quantitative estimate of drug-likeness (QED) is 0.140. The number of fused-ring (bicyclic) bond motifs is 1. The van der Waals surface area contributed by atoms with Gasteiger partial charge in [-0.05, 0) is 67.1 Å². The summed E-state index contributed by atoms with van der Waals surface area (Å²) >= 11 is 11.0. The minimum atomic E-state index is -0.903. The van der Waals surface area contributed by atoms with E-state index in [1.165, 1.54) is 30.9 Å². The first-order valence-corrected chi connectivity index (χ1v) is 14.7. The van der Waals surface area contributed by atoms with Gasteiger partial charge in [-0.25, -0.2) is 9.79 Å². The summed E-state index contributed by atoms with van der Waals surface area (Å²) in [5, 5.41) is 11.4. The molecule has 1 aromatic heterocycles. The van der Waals surface area contributed by atoms with Crippen LogP contribution in [0.15, 0.2) is 86.2 Å². The number of hydrogen-bond donors (Lipinski definition) is 0. The number of benzene rings is 3. The molecule has 0 spiro atoms. The molecule has 4 aromatic rings. The maximum atomic E-state index is 14.0. The number of carbonyl (C=O) groups is 1. The second kappa shape index (κ2) is 12.5. The lowest BCUT2D eigenvalue weighted by Gasteiger charge is -2.25. The lowest BCUT2D eigenvalue weighted by Crippen LogP contribution is -2.40. The van der Waals surface area contributed by atoms with Crippen LogP contribution in [0.5, 0.6) is 11.5 Å². The molecule has 0 bridgehead atoms. The Morgan fingerprint density at radius 2 is 1.86 bits per heavy atom. The number of rotatable bonds is 8. The fraction of sp³-hybridized carbons (Fsp3) is 0.167. The zero-order valence-electron chi connectivity index (χ0n) is 23.0. The van der Waals surface area contributed by atoms with Gasteiger partial charge >= 0.3 is 5.97 Å². The molecule has 220 valence electrons. The lowest BCUT2D eigenvalue weighted by molar-refractivity contribution is -0.384. The maximum Gasteiger partial charge on any atom is 0.338 e. The molecular formula is C30H23BrClN3O7S. The number of nitro groups is 1. The summed E-state index contributed by atoms with van der Waals surface area (Å²) in [4.78, 5) is 42.5. The van der Waals surface area contributed by atoms with Crippen molar-refractivity contribution in [2.75, 3.05) is 14.2 Å². The predicted octanol–water partition coefficient (Wildman–Crippen LogP) is 5.32. The summed E-state index contributed by atoms with van der Waals surface area (Å²) in [5.74, 6) is 0.303. The Labute approximate surface area is 262 Å². The van der Waals surface area contributed by atoms with Crippen LogP contribution in [-0.2, 0) is 16.1 Å². The smallest absolute Gasteiger partial charge is 0.338 e. The van der Waals surface area contributed by atoms with Crippen molar-refractivity contribution in [2.45, 2.75) is 19.6 Å². The number of allylic oxidation sites excluding steroid dienone is 1. The predicted molar refractivity (Wildman–Crippen MR) is 165 cm³/mol. The molecule has 1 aliphatic heterocycles. The van der Waals surface area contributed by atoms with Gasteiger partial charge in [-0.1, -0.05) is 38.9 Å². The number of ether oxygens (including phenoxy) is 3. The molecule has 0 aliphatic carbocycles. The number of nitrogens with zero attached hydrogens (tertiary/aromatic N) is 3. The van der Waals surface area contributed by atoms with E-state index in [0.717, 1.165) is 21.4 Å². The van der Waals surface area contributed by atoms with E-state index in [1.54, 1.807) is 49.4 Å². The van der Waals surface area contributed by atoms with Crippen LogP contribution in [0.3, 0.4) is 0 Å². The fourth-order valence-corrected chi connectivity index (χ4v) is 6.28. The summed E-state index contributed by atoms with van der Waals surface area (Å²) in [5.41, 5.74) is 2.06. The van der Waals surface area contributed by atoms with Gasteiger partial charge in [0.15, 0.2) is 4.80 Å². The molecule has 0 N–H and O–H groups in total. The molecule has 0 fully saturated rings. The van der Waals surface area contributed by atoms with E-state index in [-0.39, 0.29) is 23.4 Å². The normalized spacial score (nSPS) is 14.6. The largest absolute Gasteiger partial charge is 0.496 e. The Kier molecular flexibility index (Phi) is 8.81. The number of thiazole rings is 1. The Hall–Kier alpha value is -4.26. The highest BCUT2D eigenvalue weighted by Crippen LogP contribution is 2.37. The van der Waals surface area contributed by atoms with Crippen LogP contribution in [0.25, 0.3) is 6.08 Å². The number of esters is 1. The van der Waals surface area contributed by atoms with E-state index in [2.05, 4.69) is 20.9 Å². The third-order valence-corrected chi connectivity index (χ3v) is 8.42. The van der Waals surface area contributed by atoms with E-state index in [9.17, 15) is 19.7 Å². The van der Waals surface area contributed by atoms with Gasteiger partial charge < -0.3 is 14.2 Å². The number of non-ortho nitro benzene ring substituents is 1. The highest BCUT2D eigenvalue weighted by molar-refractivity contribution is 9.10. The van der Waals surface area contributed by atoms with E-state index >= 15 is 0 Å². The van der Waals surface area contributed by atoms with Crippen molar-refractivity contribution >= 4 is 56.6 Å². The summed E-state index contributed by atoms with van der Waals surface area (Å²) < 4.78 is 19.3. The zero-order valence-corrected chi connectivity index (χ0v) is 26.2. The number of aromatic nitrogens is 1. The molecule has 0 radical (unpaired) electrons. The van der Waals surface area contributed by atoms with Crippen molar-refractivity contribution in [3.8, 4) is 11.5 Å². The topological polar surface area (TPSA) is 122 Å². The Morgan fingerprint density at radius 3 is 2.53 bits per heavy atom. The van der Waals surface area contributed by atoms with E-state index < -0.39 is 16.9 Å². The summed E-state index contributed by atoms with van der Waals surface area (Å²) in [6.07, 6.45) is 1.70. The summed E-state index contributed by atoms with van der Waals surface area (Å²) in [6.45, 7) is 1.84. The van der Waals surface area contributed by atoms with Gasteiger partial charge in [-0.2, -0.15) is 0 Å². The fourth-order valence-electron chi connectivity index (χ4n) is 4.69. The van der Waals surface area contributed by atoms with Crippen LogP contribution in [-0.4, -0.2) is 29.7 Å². The van der Waals surface area contributed by atoms with Crippen LogP contribution in [0, 0.1) is 10.1 Å². The second-order valence-corrected chi connectivity index (χ2v) is 11.7. The minimum absolute atomic E-state index is 0.0113. The number of hydrogen-bond acceptors (Lipinski definition) is 9. The summed E-state index contributed by atoms with van der Waals surface area (Å²) in [6, 6.07) is 15.5. The van der Waals surface area contributed by atoms with Crippen molar-refractivity contribution in [1.29, 1.82) is 0 Å². The highest BCUT2D eigenvalue weighted by Gasteiger charge is 2.35. The Balaban J connectivity index is 1.62. The zero-order chi connectivity index (χ0) is 30.8. The van der Waals surface area contributed by atoms with Gasteiger partial charge in [0.05, 0.1) is 34.9 Å². The van der Waals surface area contributed by atoms with Gasteiger partial charge in [-0.15, -0.1) is 0 Å². The average molecular weight is 685 g/mol. The van der Waals surface area contributed by atoms with Gasteiger partial charge in [0.2, 0.25) is 0 Å². The number of nitro benzene ring substituents is 1. The Bertz CT molecular complexity index is 1970. The molecule has 3 aromatic carbocycles. The van der Waals surface area contributed by atoms with E-state index in [0.29, 0.717) is 42.7 Å². The van der Waals surface area contributed by atoms with Crippen molar-refractivity contribution in [3.63, 3.8) is 0 Å². The summed E-state index contributed by atoms with van der Waals surface area (Å²) in [7, 11) is 2.77. The van der Waals surface area contributed by atoms with Crippen molar-refractivity contribution in [1.82, 2.24) is 4.57 Å². The molecule has 0 saturated heterocycles. The van der Waals surface area contributed by atoms with Crippen LogP contribution in [0.4, 0.5) is 5.69 Å². The first-order chi connectivity index (χ1) is 20.6. The molecule has 10 nitrogen and oxygen atoms in total. The second-order valence-electron chi connectivity index (χ2n) is 9.35. The average Bonchev–Trinajstić information content (AvgIpc) is 3.29. The number of methoxy groups -OCH3 is 2. The highest BCUT2D eigenvalue weighted by atomic mass is 79.9. The van der Waals surface area contributed by atoms with Crippen LogP contribution < -0.4 is 24.4 Å². The first-order valence-electron chi connectivity index (χ1n) is 12.7. The monoisotopic (exact) mass is 683 g/mol. The Morgan fingerprint density at radius 1 is 1.14 bits per heavy atom. The maximum absolute atomic E-state index is 14.0. The molecule has 1 aliphatic rings. The first kappa shape index (κ1) is 30.2. The van der Waals surface area contributed by atoms with Gasteiger partial charge in [0, 0.05) is 32.8 Å². The number of halogens is 2. The number of carbonyl (C=O) groups excluding carboxylic acids is 1. The van der Waals surface area contributed by atoms with Gasteiger partial charge in [0.1, 0.15) is 24.1 Å². The van der Waals surface area contributed by atoms with Crippen LogP contribution in [0.1, 0.15) is 29.7 Å². The molecule has 1 atom stereocenters. The molecule has 0 saturated carbocycles. The SMILES string of the molecule is COC(=O)C1=C(C)N=c2s/c(=C\c3cc(Br)ccc3OCc3ccc([N+](=O)[O-])cc3)c(=O)n2[C@@H]1c1cc(Cl)ccc1OC. The molecular weight excluding hydrogens is 662 g/mol. The molecule has 5 rings (SSSR count). The van der Waals surface area contributed by atoms with Crippen molar-refractivity contribution in [2.24, 2.45) is 4.99 Å². The third-order valence-electron chi connectivity index (χ3n) is 6.71. The van der Waals surface area contributed by atoms with Gasteiger partial charge in [0.25, 0.3) is 11.2 Å². The van der Waals surface area contributed by atoms with Crippen LogP contribution >= 0.6 is 38.9 Å². The standard InChI is InChI=1S/C30H23BrClN3O7S/c1-16-26(29(37)41-3)27(22-14-20(32)7-11-24(22)40-2)34-28(36)25(43-30(34)33-16)13-18-12-19(31)6-10-23(18)42-15-17-4-8-21(9-5-17)35(38)39/h4-14,27H,15H2,1-3H3/b25-13-/t27-/m1/s1. The molecule has 13 heteroatoms.